The van der Waals surface area contributed by atoms with Gasteiger partial charge in [-0.1, -0.05) is 12.1 Å². The molecule has 0 aliphatic rings. The third kappa shape index (κ3) is 3.74. The molecule has 1 aromatic carbocycles. The Balaban J connectivity index is 1.88. The van der Waals surface area contributed by atoms with Crippen molar-refractivity contribution in [2.75, 3.05) is 6.61 Å². The molecule has 1 aromatic heterocycles. The minimum absolute atomic E-state index is 0.229. The highest BCUT2D eigenvalue weighted by atomic mass is 19.4. The molecule has 0 spiro atoms. The predicted octanol–water partition coefficient (Wildman–Crippen LogP) is 2.44. The van der Waals surface area contributed by atoms with E-state index >= 15 is 0 Å². The quantitative estimate of drug-likeness (QED) is 0.918. The van der Waals surface area contributed by atoms with Gasteiger partial charge < -0.3 is 10.5 Å². The van der Waals surface area contributed by atoms with E-state index in [1.807, 2.05) is 12.1 Å². The fourth-order valence-corrected chi connectivity index (χ4v) is 1.66. The van der Waals surface area contributed by atoms with Crippen LogP contribution in [-0.2, 0) is 19.3 Å². The van der Waals surface area contributed by atoms with Crippen LogP contribution in [0.15, 0.2) is 36.5 Å². The molecule has 20 heavy (non-hydrogen) atoms. The second kappa shape index (κ2) is 5.96. The molecule has 0 unspecified atom stereocenters. The maximum Gasteiger partial charge on any atom is 0.435 e. The number of aromatic nitrogens is 2. The van der Waals surface area contributed by atoms with Gasteiger partial charge in [-0.2, -0.15) is 18.3 Å². The van der Waals surface area contributed by atoms with Gasteiger partial charge in [-0.25, -0.2) is 0 Å². The summed E-state index contributed by atoms with van der Waals surface area (Å²) < 4.78 is 43.7. The summed E-state index contributed by atoms with van der Waals surface area (Å²) in [5.74, 6) is 0.635. The van der Waals surface area contributed by atoms with Gasteiger partial charge in [-0.05, 0) is 23.8 Å². The summed E-state index contributed by atoms with van der Waals surface area (Å²) in [5.41, 5.74) is 5.54. The maximum atomic E-state index is 12.4. The standard InChI is InChI=1S/C13H14F3N3O/c14-13(15,16)12-4-5-19(18-12)6-7-20-11-3-1-2-10(8-11)9-17/h1-5,8H,6-7,9,17H2. The Kier molecular flexibility index (Phi) is 4.29. The average molecular weight is 285 g/mol. The molecule has 7 heteroatoms. The first-order chi connectivity index (χ1) is 9.49. The Labute approximate surface area is 114 Å². The zero-order chi connectivity index (χ0) is 14.6. The van der Waals surface area contributed by atoms with Crippen LogP contribution in [0.3, 0.4) is 0 Å². The molecule has 0 aliphatic heterocycles. The fraction of sp³-hybridized carbons (Fsp3) is 0.308. The van der Waals surface area contributed by atoms with Crippen molar-refractivity contribution in [3.05, 3.63) is 47.8 Å². The van der Waals surface area contributed by atoms with E-state index in [1.165, 1.54) is 10.9 Å². The van der Waals surface area contributed by atoms with Gasteiger partial charge in [0, 0.05) is 12.7 Å². The van der Waals surface area contributed by atoms with E-state index in [9.17, 15) is 13.2 Å². The van der Waals surface area contributed by atoms with Gasteiger partial charge in [0.15, 0.2) is 5.69 Å². The second-order valence-electron chi connectivity index (χ2n) is 4.16. The summed E-state index contributed by atoms with van der Waals surface area (Å²) in [6.45, 7) is 0.876. The molecule has 108 valence electrons. The minimum Gasteiger partial charge on any atom is -0.492 e. The number of hydrogen-bond donors (Lipinski definition) is 1. The molecule has 2 N–H and O–H groups in total. The highest BCUT2D eigenvalue weighted by Gasteiger charge is 2.33. The third-order valence-electron chi connectivity index (χ3n) is 2.65. The lowest BCUT2D eigenvalue weighted by Crippen LogP contribution is -2.11. The van der Waals surface area contributed by atoms with Crippen molar-refractivity contribution in [3.8, 4) is 5.75 Å². The molecule has 0 amide bonds. The van der Waals surface area contributed by atoms with Crippen LogP contribution < -0.4 is 10.5 Å². The largest absolute Gasteiger partial charge is 0.492 e. The Morgan fingerprint density at radius 1 is 1.25 bits per heavy atom. The summed E-state index contributed by atoms with van der Waals surface area (Å²) >= 11 is 0. The van der Waals surface area contributed by atoms with Crippen LogP contribution in [0.1, 0.15) is 11.3 Å². The normalized spacial score (nSPS) is 11.6. The smallest absolute Gasteiger partial charge is 0.435 e. The lowest BCUT2D eigenvalue weighted by molar-refractivity contribution is -0.141. The lowest BCUT2D eigenvalue weighted by Gasteiger charge is -2.07. The molecule has 0 saturated carbocycles. The van der Waals surface area contributed by atoms with Crippen LogP contribution in [0.4, 0.5) is 13.2 Å². The van der Waals surface area contributed by atoms with E-state index in [0.717, 1.165) is 11.6 Å². The minimum atomic E-state index is -4.42. The Bertz CT molecular complexity index is 566. The van der Waals surface area contributed by atoms with Gasteiger partial charge in [-0.15, -0.1) is 0 Å². The topological polar surface area (TPSA) is 53.1 Å². The highest BCUT2D eigenvalue weighted by Crippen LogP contribution is 2.27. The van der Waals surface area contributed by atoms with E-state index in [2.05, 4.69) is 5.10 Å². The van der Waals surface area contributed by atoms with E-state index in [4.69, 9.17) is 10.5 Å². The Hall–Kier alpha value is -2.02. The summed E-state index contributed by atoms with van der Waals surface area (Å²) in [6.07, 6.45) is -3.13. The molecule has 0 fully saturated rings. The molecular weight excluding hydrogens is 271 g/mol. The van der Waals surface area contributed by atoms with Gasteiger partial charge >= 0.3 is 6.18 Å². The van der Waals surface area contributed by atoms with Crippen molar-refractivity contribution < 1.29 is 17.9 Å². The first kappa shape index (κ1) is 14.4. The van der Waals surface area contributed by atoms with Crippen LogP contribution in [-0.4, -0.2) is 16.4 Å². The summed E-state index contributed by atoms with van der Waals surface area (Å²) in [6, 6.07) is 8.19. The Morgan fingerprint density at radius 3 is 2.70 bits per heavy atom. The maximum absolute atomic E-state index is 12.4. The molecule has 2 aromatic rings. The SMILES string of the molecule is NCc1cccc(OCCn2ccc(C(F)(F)F)n2)c1. The predicted molar refractivity (Wildman–Crippen MR) is 67.1 cm³/mol. The molecule has 0 radical (unpaired) electrons. The molecule has 2 rings (SSSR count). The fourth-order valence-electron chi connectivity index (χ4n) is 1.66. The number of alkyl halides is 3. The first-order valence-corrected chi connectivity index (χ1v) is 6.01. The summed E-state index contributed by atoms with van der Waals surface area (Å²) in [4.78, 5) is 0. The van der Waals surface area contributed by atoms with Crippen LogP contribution in [0.5, 0.6) is 5.75 Å². The van der Waals surface area contributed by atoms with Gasteiger partial charge in [0.2, 0.25) is 0 Å². The molecule has 0 bridgehead atoms. The van der Waals surface area contributed by atoms with Crippen LogP contribution >= 0.6 is 0 Å². The van der Waals surface area contributed by atoms with Crippen molar-refractivity contribution in [2.45, 2.75) is 19.3 Å². The monoisotopic (exact) mass is 285 g/mol. The number of ether oxygens (including phenoxy) is 1. The summed E-state index contributed by atoms with van der Waals surface area (Å²) in [7, 11) is 0. The van der Waals surface area contributed by atoms with Gasteiger partial charge in [0.25, 0.3) is 0 Å². The molecule has 0 aliphatic carbocycles. The van der Waals surface area contributed by atoms with Crippen molar-refractivity contribution >= 4 is 0 Å². The second-order valence-corrected chi connectivity index (χ2v) is 4.16. The van der Waals surface area contributed by atoms with Crippen LogP contribution in [0, 0.1) is 0 Å². The number of nitrogens with two attached hydrogens (primary N) is 1. The molecule has 1 heterocycles. The van der Waals surface area contributed by atoms with E-state index in [0.29, 0.717) is 12.3 Å². The zero-order valence-corrected chi connectivity index (χ0v) is 10.6. The number of rotatable bonds is 5. The van der Waals surface area contributed by atoms with Crippen molar-refractivity contribution in [1.82, 2.24) is 9.78 Å². The van der Waals surface area contributed by atoms with E-state index < -0.39 is 11.9 Å². The first-order valence-electron chi connectivity index (χ1n) is 6.01. The average Bonchev–Trinajstić information content (AvgIpc) is 2.88. The third-order valence-corrected chi connectivity index (χ3v) is 2.65. The highest BCUT2D eigenvalue weighted by molar-refractivity contribution is 5.28. The number of benzene rings is 1. The lowest BCUT2D eigenvalue weighted by atomic mass is 10.2. The van der Waals surface area contributed by atoms with E-state index in [1.54, 1.807) is 12.1 Å². The van der Waals surface area contributed by atoms with Crippen molar-refractivity contribution in [1.29, 1.82) is 0 Å². The number of hydrogen-bond acceptors (Lipinski definition) is 3. The van der Waals surface area contributed by atoms with Crippen LogP contribution in [0.25, 0.3) is 0 Å². The summed E-state index contributed by atoms with van der Waals surface area (Å²) in [5, 5.41) is 3.44. The van der Waals surface area contributed by atoms with Gasteiger partial charge in [0.1, 0.15) is 12.4 Å². The molecule has 0 atom stereocenters. The van der Waals surface area contributed by atoms with Crippen molar-refractivity contribution in [3.63, 3.8) is 0 Å². The zero-order valence-electron chi connectivity index (χ0n) is 10.6. The van der Waals surface area contributed by atoms with Crippen LogP contribution in [0.2, 0.25) is 0 Å². The van der Waals surface area contributed by atoms with Crippen molar-refractivity contribution in [2.24, 2.45) is 5.73 Å². The van der Waals surface area contributed by atoms with E-state index in [-0.39, 0.29) is 13.2 Å². The molecule has 0 saturated heterocycles. The van der Waals surface area contributed by atoms with Gasteiger partial charge in [-0.3, -0.25) is 4.68 Å². The number of halogens is 3. The molecular formula is C13H14F3N3O. The van der Waals surface area contributed by atoms with Gasteiger partial charge in [0.05, 0.1) is 6.54 Å². The Morgan fingerprint density at radius 2 is 2.05 bits per heavy atom. The molecule has 4 nitrogen and oxygen atoms in total. The number of nitrogens with zero attached hydrogens (tertiary/aromatic N) is 2.